The minimum Gasteiger partial charge on any atom is -0.748 e. The Bertz CT molecular complexity index is 810. The molecular formula is C24H24FeNP-6. The van der Waals surface area contributed by atoms with Gasteiger partial charge in [0.05, 0.1) is 0 Å². The van der Waals surface area contributed by atoms with Crippen LogP contribution in [-0.2, 0) is 17.1 Å². The van der Waals surface area contributed by atoms with Gasteiger partial charge in [-0.1, -0.05) is 66.4 Å². The molecule has 0 radical (unpaired) electrons. The zero-order chi connectivity index (χ0) is 18.2. The van der Waals surface area contributed by atoms with Crippen LogP contribution in [0.3, 0.4) is 0 Å². The van der Waals surface area contributed by atoms with Gasteiger partial charge in [0.25, 0.3) is 0 Å². The molecule has 0 aliphatic rings. The summed E-state index contributed by atoms with van der Waals surface area (Å²) in [5.41, 5.74) is 1.31. The van der Waals surface area contributed by atoms with Crippen LogP contribution < -0.4 is 20.8 Å². The van der Waals surface area contributed by atoms with E-state index in [1.165, 1.54) is 21.6 Å². The predicted molar refractivity (Wildman–Crippen MR) is 117 cm³/mol. The Hall–Kier alpha value is -2.11. The molecule has 0 aromatic heterocycles. The van der Waals surface area contributed by atoms with Crippen LogP contribution in [0.15, 0.2) is 109 Å². The van der Waals surface area contributed by atoms with Crippen LogP contribution in [0.5, 0.6) is 0 Å². The number of rotatable bonds is 4. The Labute approximate surface area is 174 Å². The first-order chi connectivity index (χ1) is 12.8. The van der Waals surface area contributed by atoms with Gasteiger partial charge in [0.15, 0.2) is 0 Å². The molecule has 4 aromatic rings. The molecule has 0 aliphatic carbocycles. The summed E-state index contributed by atoms with van der Waals surface area (Å²) in [6, 6.07) is 38.3. The zero-order valence-corrected chi connectivity index (χ0v) is 17.6. The zero-order valence-electron chi connectivity index (χ0n) is 15.6. The van der Waals surface area contributed by atoms with Crippen LogP contribution in [0.1, 0.15) is 0 Å². The van der Waals surface area contributed by atoms with E-state index in [0.717, 1.165) is 0 Å². The molecule has 0 atom stereocenters. The third-order valence-electron chi connectivity index (χ3n) is 4.08. The normalized spacial score (nSPS) is 9.89. The Morgan fingerprint density at radius 2 is 1.11 bits per heavy atom. The molecular weight excluding hydrogens is 389 g/mol. The van der Waals surface area contributed by atoms with Crippen LogP contribution >= 0.6 is 7.92 Å². The van der Waals surface area contributed by atoms with Crippen molar-refractivity contribution in [2.75, 3.05) is 19.0 Å². The second kappa shape index (κ2) is 10.9. The molecule has 0 saturated heterocycles. The predicted octanol–water partition coefficient (Wildman–Crippen LogP) is 4.63. The minimum absolute atomic E-state index is 0. The van der Waals surface area contributed by atoms with Crippen molar-refractivity contribution in [3.63, 3.8) is 0 Å². The van der Waals surface area contributed by atoms with Crippen molar-refractivity contribution < 1.29 is 17.1 Å². The third kappa shape index (κ3) is 5.68. The average Bonchev–Trinajstić information content (AvgIpc) is 3.39. The van der Waals surface area contributed by atoms with Crippen molar-refractivity contribution >= 4 is 29.5 Å². The summed E-state index contributed by atoms with van der Waals surface area (Å²) in [6.07, 6.45) is 0. The molecule has 0 amide bonds. The molecule has 27 heavy (non-hydrogen) atoms. The summed E-state index contributed by atoms with van der Waals surface area (Å²) in [6.45, 7) is 0. The van der Waals surface area contributed by atoms with Gasteiger partial charge < -0.3 is 35.2 Å². The summed E-state index contributed by atoms with van der Waals surface area (Å²) in [4.78, 5) is 2.20. The molecule has 0 bridgehead atoms. The molecule has 144 valence electrons. The average molecular weight is 413 g/mol. The maximum atomic E-state index is 2.26. The van der Waals surface area contributed by atoms with Gasteiger partial charge in [0.2, 0.25) is 0 Å². The number of benzene rings is 2. The van der Waals surface area contributed by atoms with Gasteiger partial charge in [-0.2, -0.15) is 6.07 Å². The van der Waals surface area contributed by atoms with Gasteiger partial charge in [-0.25, -0.2) is 12.1 Å². The smallest absolute Gasteiger partial charge is 0 e. The number of hydrogen-bond donors (Lipinski definition) is 0. The number of hydrogen-bond acceptors (Lipinski definition) is 1. The van der Waals surface area contributed by atoms with Gasteiger partial charge in [-0.15, -0.1) is 5.30 Å². The summed E-state index contributed by atoms with van der Waals surface area (Å²) >= 11 is 0. The van der Waals surface area contributed by atoms with E-state index in [2.05, 4.69) is 97.9 Å². The molecule has 0 fully saturated rings. The van der Waals surface area contributed by atoms with E-state index in [4.69, 9.17) is 0 Å². The Morgan fingerprint density at radius 3 is 1.52 bits per heavy atom. The molecule has 0 heterocycles. The Kier molecular flexibility index (Phi) is 8.55. The van der Waals surface area contributed by atoms with Crippen molar-refractivity contribution in [3.05, 3.63) is 109 Å². The summed E-state index contributed by atoms with van der Waals surface area (Å²) in [7, 11) is 3.72. The topological polar surface area (TPSA) is 3.24 Å². The number of nitrogens with zero attached hydrogens (tertiary/aromatic N) is 1. The Morgan fingerprint density at radius 1 is 0.667 bits per heavy atom. The van der Waals surface area contributed by atoms with Gasteiger partial charge in [0.1, 0.15) is 0 Å². The molecule has 1 nitrogen and oxygen atoms in total. The first kappa shape index (κ1) is 21.2. The monoisotopic (exact) mass is 413 g/mol. The first-order valence-corrected chi connectivity index (χ1v) is 10.1. The molecule has 3 heteroatoms. The summed E-state index contributed by atoms with van der Waals surface area (Å²) in [5, 5.41) is 4.22. The molecule has 0 aliphatic heterocycles. The maximum absolute atomic E-state index is 2.26. The van der Waals surface area contributed by atoms with Crippen molar-refractivity contribution in [2.24, 2.45) is 0 Å². The van der Waals surface area contributed by atoms with Gasteiger partial charge >= 0.3 is 0 Å². The van der Waals surface area contributed by atoms with Crippen LogP contribution in [0, 0.1) is 0 Å². The van der Waals surface area contributed by atoms with Crippen molar-refractivity contribution in [1.82, 2.24) is 0 Å². The second-order valence-electron chi connectivity index (χ2n) is 6.16. The van der Waals surface area contributed by atoms with Gasteiger partial charge in [-0.05, 0) is 32.6 Å². The van der Waals surface area contributed by atoms with Crippen LogP contribution in [0.25, 0.3) is 0 Å². The van der Waals surface area contributed by atoms with Gasteiger partial charge in [0, 0.05) is 17.1 Å². The van der Waals surface area contributed by atoms with Crippen LogP contribution in [-0.4, -0.2) is 14.1 Å². The van der Waals surface area contributed by atoms with E-state index < -0.39 is 7.92 Å². The molecule has 4 aromatic carbocycles. The largest absolute Gasteiger partial charge is 0.748 e. The molecule has 4 rings (SSSR count). The van der Waals surface area contributed by atoms with Crippen LogP contribution in [0.4, 0.5) is 5.69 Å². The van der Waals surface area contributed by atoms with E-state index >= 15 is 0 Å². The van der Waals surface area contributed by atoms with Crippen molar-refractivity contribution in [2.45, 2.75) is 0 Å². The fraction of sp³-hybridized carbons (Fsp3) is 0.0833. The quantitative estimate of drug-likeness (QED) is 0.268. The van der Waals surface area contributed by atoms with Gasteiger partial charge in [-0.3, -0.25) is 0 Å². The fourth-order valence-electron chi connectivity index (χ4n) is 2.87. The molecule has 0 spiro atoms. The molecule has 0 unspecified atom stereocenters. The van der Waals surface area contributed by atoms with Crippen LogP contribution in [0.2, 0.25) is 0 Å². The number of anilines is 1. The minimum atomic E-state index is -0.504. The fourth-order valence-corrected chi connectivity index (χ4v) is 5.40. The van der Waals surface area contributed by atoms with E-state index in [-0.39, 0.29) is 17.1 Å². The van der Waals surface area contributed by atoms with E-state index in [0.29, 0.717) is 0 Å². The SMILES string of the molecule is CN(C)[c-]1cccc1P(c1ccccc1)c1ccccc1.[Fe].[cH-]1[cH-][cH-][cH-][cH-]1. The van der Waals surface area contributed by atoms with Crippen molar-refractivity contribution in [1.29, 1.82) is 0 Å². The summed E-state index contributed by atoms with van der Waals surface area (Å²) in [5.74, 6) is 0. The van der Waals surface area contributed by atoms with E-state index in [9.17, 15) is 0 Å². The molecule has 0 N–H and O–H groups in total. The standard InChI is InChI=1S/C19H19NP.C5H5.Fe/c1-20(2)18-14-9-15-19(18)21(16-10-5-3-6-11-16)17-12-7-4-8-13-17;1-2-4-5-3-1;/h3-15H,1-2H3;1-5H;/q-1;-5;. The second-order valence-corrected chi connectivity index (χ2v) is 8.34. The molecule has 0 saturated carbocycles. The third-order valence-corrected chi connectivity index (χ3v) is 6.57. The summed E-state index contributed by atoms with van der Waals surface area (Å²) < 4.78 is 0. The van der Waals surface area contributed by atoms with E-state index in [1.54, 1.807) is 0 Å². The van der Waals surface area contributed by atoms with E-state index in [1.807, 2.05) is 30.3 Å². The van der Waals surface area contributed by atoms with Crippen molar-refractivity contribution in [3.8, 4) is 0 Å². The first-order valence-electron chi connectivity index (χ1n) is 8.77. The maximum Gasteiger partial charge on any atom is 0 e. The Balaban J connectivity index is 0.000000379.